The van der Waals surface area contributed by atoms with E-state index < -0.39 is 0 Å². The van der Waals surface area contributed by atoms with Crippen molar-refractivity contribution in [1.29, 1.82) is 0 Å². The molecule has 0 aromatic heterocycles. The molecule has 0 saturated heterocycles. The van der Waals surface area contributed by atoms with Gasteiger partial charge in [0.05, 0.1) is 0 Å². The fourth-order valence-corrected chi connectivity index (χ4v) is 0.118. The molecular formula is C4H7OS+. The Morgan fingerprint density at radius 1 is 2.00 bits per heavy atom. The van der Waals surface area contributed by atoms with Crippen molar-refractivity contribution >= 4 is 11.7 Å². The summed E-state index contributed by atoms with van der Waals surface area (Å²) in [5.41, 5.74) is 0. The first kappa shape index (κ1) is 5.76. The summed E-state index contributed by atoms with van der Waals surface area (Å²) in [6.07, 6.45) is 1.62. The highest BCUT2D eigenvalue weighted by Crippen LogP contribution is 1.80. The van der Waals surface area contributed by atoms with Gasteiger partial charge in [0.15, 0.2) is 0 Å². The van der Waals surface area contributed by atoms with Crippen LogP contribution in [0.4, 0.5) is 0 Å². The molecule has 0 aromatic carbocycles. The Morgan fingerprint density at radius 2 is 2.50 bits per heavy atom. The smallest absolute Gasteiger partial charge is 0.0974 e. The SMILES string of the molecule is C=CC(C)[S+]=O. The first-order valence-electron chi connectivity index (χ1n) is 1.72. The zero-order chi connectivity index (χ0) is 4.99. The van der Waals surface area contributed by atoms with E-state index in [2.05, 4.69) is 6.58 Å². The molecular weight excluding hydrogens is 96.1 g/mol. The van der Waals surface area contributed by atoms with Gasteiger partial charge < -0.3 is 0 Å². The van der Waals surface area contributed by atoms with Crippen LogP contribution in [0, 0.1) is 0 Å². The fraction of sp³-hybridized carbons (Fsp3) is 0.500. The lowest BCUT2D eigenvalue weighted by Crippen LogP contribution is -1.88. The number of hydrogen-bond donors (Lipinski definition) is 0. The molecule has 0 spiro atoms. The highest BCUT2D eigenvalue weighted by atomic mass is 32.1. The minimum Gasteiger partial charge on any atom is -0.0974 e. The van der Waals surface area contributed by atoms with Crippen molar-refractivity contribution in [3.63, 3.8) is 0 Å². The molecule has 0 N–H and O–H groups in total. The van der Waals surface area contributed by atoms with E-state index in [1.165, 1.54) is 0 Å². The van der Waals surface area contributed by atoms with Crippen LogP contribution in [0.2, 0.25) is 0 Å². The summed E-state index contributed by atoms with van der Waals surface area (Å²) in [4.78, 5) is 0. The highest BCUT2D eigenvalue weighted by Gasteiger charge is 2.04. The Bertz CT molecular complexity index is 52.6. The molecule has 34 valence electrons. The Labute approximate surface area is 41.6 Å². The van der Waals surface area contributed by atoms with Gasteiger partial charge in [-0.15, -0.1) is 0 Å². The third kappa shape index (κ3) is 2.03. The van der Waals surface area contributed by atoms with Gasteiger partial charge >= 0.3 is 11.7 Å². The van der Waals surface area contributed by atoms with E-state index in [1.807, 2.05) is 6.92 Å². The van der Waals surface area contributed by atoms with Gasteiger partial charge in [-0.2, -0.15) is 0 Å². The lowest BCUT2D eigenvalue weighted by atomic mass is 10.5. The van der Waals surface area contributed by atoms with Crippen LogP contribution in [0.5, 0.6) is 0 Å². The van der Waals surface area contributed by atoms with E-state index >= 15 is 0 Å². The summed E-state index contributed by atoms with van der Waals surface area (Å²) in [7, 11) is 0. The summed E-state index contributed by atoms with van der Waals surface area (Å²) in [5.74, 6) is 0. The van der Waals surface area contributed by atoms with Crippen LogP contribution >= 0.6 is 0 Å². The summed E-state index contributed by atoms with van der Waals surface area (Å²) in [5, 5.41) is 0.0602. The van der Waals surface area contributed by atoms with Crippen LogP contribution in [-0.4, -0.2) is 5.25 Å². The molecule has 0 aliphatic rings. The standard InChI is InChI=1S/C4H7OS/c1-3-4(2)6-5/h3-4H,1H2,2H3/q+1. The minimum absolute atomic E-state index is 0.0602. The van der Waals surface area contributed by atoms with E-state index in [0.29, 0.717) is 11.7 Å². The monoisotopic (exact) mass is 103 g/mol. The van der Waals surface area contributed by atoms with Crippen molar-refractivity contribution in [3.05, 3.63) is 12.7 Å². The van der Waals surface area contributed by atoms with Crippen LogP contribution in [0.15, 0.2) is 12.7 Å². The van der Waals surface area contributed by atoms with Gasteiger partial charge in [-0.05, 0) is 6.08 Å². The molecule has 0 radical (unpaired) electrons. The maximum atomic E-state index is 9.71. The van der Waals surface area contributed by atoms with Gasteiger partial charge in [0.1, 0.15) is 0 Å². The van der Waals surface area contributed by atoms with Crippen LogP contribution in [-0.2, 0) is 15.9 Å². The van der Waals surface area contributed by atoms with E-state index in [-0.39, 0.29) is 5.25 Å². The van der Waals surface area contributed by atoms with Gasteiger partial charge in [-0.3, -0.25) is 0 Å². The molecule has 2 heteroatoms. The third-order valence-electron chi connectivity index (χ3n) is 0.484. The predicted molar refractivity (Wildman–Crippen MR) is 27.7 cm³/mol. The largest absolute Gasteiger partial charge is 0.466 e. The van der Waals surface area contributed by atoms with E-state index in [9.17, 15) is 4.21 Å². The summed E-state index contributed by atoms with van der Waals surface area (Å²) in [6, 6.07) is 0. The highest BCUT2D eigenvalue weighted by molar-refractivity contribution is 7.66. The predicted octanol–water partition coefficient (Wildman–Crippen LogP) is 0.989. The molecule has 0 bridgehead atoms. The summed E-state index contributed by atoms with van der Waals surface area (Å²) >= 11 is 0.557. The average Bonchev–Trinajstić information content (AvgIpc) is 1.65. The molecule has 0 saturated carbocycles. The lowest BCUT2D eigenvalue weighted by Gasteiger charge is -1.66. The number of rotatable bonds is 2. The second kappa shape index (κ2) is 2.97. The first-order valence-corrected chi connectivity index (χ1v) is 2.53. The third-order valence-corrected chi connectivity index (χ3v) is 0.980. The molecule has 0 rings (SSSR count). The molecule has 0 heterocycles. The van der Waals surface area contributed by atoms with E-state index in [4.69, 9.17) is 0 Å². The molecule has 0 aliphatic heterocycles. The second-order valence-corrected chi connectivity index (χ2v) is 1.97. The molecule has 1 nitrogen and oxygen atoms in total. The Hall–Kier alpha value is -0.240. The Morgan fingerprint density at radius 3 is 2.50 bits per heavy atom. The van der Waals surface area contributed by atoms with Crippen molar-refractivity contribution < 1.29 is 4.21 Å². The van der Waals surface area contributed by atoms with E-state index in [1.54, 1.807) is 6.08 Å². The molecule has 6 heavy (non-hydrogen) atoms. The number of hydrogen-bond acceptors (Lipinski definition) is 1. The maximum Gasteiger partial charge on any atom is 0.466 e. The maximum absolute atomic E-state index is 9.71. The molecule has 1 unspecified atom stereocenters. The van der Waals surface area contributed by atoms with Crippen molar-refractivity contribution in [1.82, 2.24) is 0 Å². The van der Waals surface area contributed by atoms with Gasteiger partial charge in [-0.25, -0.2) is 0 Å². The van der Waals surface area contributed by atoms with Crippen molar-refractivity contribution in [2.75, 3.05) is 0 Å². The molecule has 0 amide bonds. The zero-order valence-corrected chi connectivity index (χ0v) is 4.49. The average molecular weight is 103 g/mol. The molecule has 0 fully saturated rings. The van der Waals surface area contributed by atoms with E-state index in [0.717, 1.165) is 0 Å². The van der Waals surface area contributed by atoms with Gasteiger partial charge in [0, 0.05) is 11.1 Å². The van der Waals surface area contributed by atoms with Gasteiger partial charge in [0.2, 0.25) is 0 Å². The molecule has 0 aliphatic carbocycles. The Balaban J connectivity index is 3.21. The van der Waals surface area contributed by atoms with Crippen molar-refractivity contribution in [3.8, 4) is 0 Å². The molecule has 1 atom stereocenters. The normalized spacial score (nSPS) is 12.8. The van der Waals surface area contributed by atoms with Crippen LogP contribution in [0.3, 0.4) is 0 Å². The quantitative estimate of drug-likeness (QED) is 0.376. The lowest BCUT2D eigenvalue weighted by molar-refractivity contribution is 0.603. The van der Waals surface area contributed by atoms with Crippen LogP contribution in [0.1, 0.15) is 6.92 Å². The first-order chi connectivity index (χ1) is 2.81. The zero-order valence-electron chi connectivity index (χ0n) is 3.68. The van der Waals surface area contributed by atoms with Crippen molar-refractivity contribution in [2.24, 2.45) is 0 Å². The van der Waals surface area contributed by atoms with Crippen LogP contribution in [0.25, 0.3) is 0 Å². The van der Waals surface area contributed by atoms with Crippen molar-refractivity contribution in [2.45, 2.75) is 12.2 Å². The summed E-state index contributed by atoms with van der Waals surface area (Å²) < 4.78 is 9.71. The summed E-state index contributed by atoms with van der Waals surface area (Å²) in [6.45, 7) is 5.22. The van der Waals surface area contributed by atoms with Gasteiger partial charge in [0.25, 0.3) is 5.25 Å². The minimum atomic E-state index is 0.0602. The van der Waals surface area contributed by atoms with Gasteiger partial charge in [-0.1, -0.05) is 6.58 Å². The topological polar surface area (TPSA) is 17.1 Å². The fourth-order valence-electron chi connectivity index (χ4n) is 0.0393. The second-order valence-electron chi connectivity index (χ2n) is 1.04. The van der Waals surface area contributed by atoms with Crippen LogP contribution < -0.4 is 0 Å². The Kier molecular flexibility index (Phi) is 2.85. The molecule has 0 aromatic rings.